The van der Waals surface area contributed by atoms with Gasteiger partial charge in [0.15, 0.2) is 12.6 Å². The Labute approximate surface area is 230 Å². The first kappa shape index (κ1) is 31.0. The molecule has 0 aliphatic carbocycles. The lowest BCUT2D eigenvalue weighted by Gasteiger charge is -2.47. The number of ether oxygens (including phenoxy) is 4. The van der Waals surface area contributed by atoms with Gasteiger partial charge in [0.2, 0.25) is 5.91 Å². The van der Waals surface area contributed by atoms with Crippen LogP contribution in [-0.4, -0.2) is 54.9 Å². The van der Waals surface area contributed by atoms with Crippen molar-refractivity contribution in [3.8, 4) is 0 Å². The fraction of sp³-hybridized carbons (Fsp3) is 0.774. The van der Waals surface area contributed by atoms with E-state index in [1.54, 1.807) is 0 Å². The number of rotatable bonds is 18. The predicted octanol–water partition coefficient (Wildman–Crippen LogP) is 6.19. The second-order valence-corrected chi connectivity index (χ2v) is 10.9. The van der Waals surface area contributed by atoms with E-state index >= 15 is 0 Å². The number of aliphatic hydroxyl groups excluding tert-OH is 1. The van der Waals surface area contributed by atoms with E-state index in [1.807, 2.05) is 30.3 Å². The molecule has 2 saturated heterocycles. The molecule has 1 aromatic rings. The lowest BCUT2D eigenvalue weighted by Crippen LogP contribution is -2.66. The van der Waals surface area contributed by atoms with Gasteiger partial charge in [-0.15, -0.1) is 0 Å². The first-order valence-electron chi connectivity index (χ1n) is 15.1. The standard InChI is InChI=1S/C31H51NO6/c1-3-4-5-6-7-8-9-10-11-12-13-14-15-19-22-35-31-27(32-24(2)33)28(34)29-26(37-31)23-36-30(38-29)25-20-17-16-18-21-25/h16-18,20-21,26-31,34H,3-15,19,22-23H2,1-2H3,(H,32,33)/t26-,27-,28-,29-,30-,31+/m0/s1. The third kappa shape index (κ3) is 10.6. The average Bonchev–Trinajstić information content (AvgIpc) is 2.93. The molecule has 0 spiro atoms. The molecule has 2 fully saturated rings. The van der Waals surface area contributed by atoms with E-state index in [4.69, 9.17) is 18.9 Å². The molecule has 2 N–H and O–H groups in total. The van der Waals surface area contributed by atoms with Crippen LogP contribution in [0.1, 0.15) is 116 Å². The zero-order valence-electron chi connectivity index (χ0n) is 23.7. The van der Waals surface area contributed by atoms with Crippen molar-refractivity contribution >= 4 is 5.91 Å². The number of carbonyl (C=O) groups excluding carboxylic acids is 1. The Morgan fingerprint density at radius 3 is 2.05 bits per heavy atom. The van der Waals surface area contributed by atoms with Crippen LogP contribution < -0.4 is 5.32 Å². The molecule has 2 aliphatic rings. The third-order valence-electron chi connectivity index (χ3n) is 7.59. The summed E-state index contributed by atoms with van der Waals surface area (Å²) in [5.74, 6) is -0.243. The van der Waals surface area contributed by atoms with E-state index in [9.17, 15) is 9.90 Å². The third-order valence-corrected chi connectivity index (χ3v) is 7.59. The van der Waals surface area contributed by atoms with Crippen LogP contribution in [0.2, 0.25) is 0 Å². The molecule has 0 aromatic heterocycles. The van der Waals surface area contributed by atoms with Crippen LogP contribution in [-0.2, 0) is 23.7 Å². The van der Waals surface area contributed by atoms with Gasteiger partial charge in [-0.2, -0.15) is 0 Å². The molecular weight excluding hydrogens is 482 g/mol. The largest absolute Gasteiger partial charge is 0.388 e. The normalized spacial score (nSPS) is 27.1. The van der Waals surface area contributed by atoms with Crippen molar-refractivity contribution in [2.75, 3.05) is 13.2 Å². The quantitative estimate of drug-likeness (QED) is 0.219. The van der Waals surface area contributed by atoms with Gasteiger partial charge < -0.3 is 29.4 Å². The predicted molar refractivity (Wildman–Crippen MR) is 149 cm³/mol. The summed E-state index contributed by atoms with van der Waals surface area (Å²) >= 11 is 0. The van der Waals surface area contributed by atoms with Crippen LogP contribution in [0.5, 0.6) is 0 Å². The zero-order chi connectivity index (χ0) is 27.0. The van der Waals surface area contributed by atoms with Crippen LogP contribution in [0.4, 0.5) is 0 Å². The van der Waals surface area contributed by atoms with Gasteiger partial charge in [0, 0.05) is 19.1 Å². The van der Waals surface area contributed by atoms with Gasteiger partial charge in [-0.25, -0.2) is 0 Å². The molecule has 2 heterocycles. The number of unbranched alkanes of at least 4 members (excludes halogenated alkanes) is 13. The maximum Gasteiger partial charge on any atom is 0.217 e. The summed E-state index contributed by atoms with van der Waals surface area (Å²) in [5, 5.41) is 13.9. The highest BCUT2D eigenvalue weighted by Crippen LogP contribution is 2.34. The van der Waals surface area contributed by atoms with E-state index in [0.29, 0.717) is 6.61 Å². The van der Waals surface area contributed by atoms with Crippen molar-refractivity contribution in [1.82, 2.24) is 5.32 Å². The van der Waals surface area contributed by atoms with Crippen molar-refractivity contribution < 1.29 is 28.8 Å². The van der Waals surface area contributed by atoms with Crippen LogP contribution in [0, 0.1) is 0 Å². The summed E-state index contributed by atoms with van der Waals surface area (Å²) in [7, 11) is 0. The summed E-state index contributed by atoms with van der Waals surface area (Å²) in [6.07, 6.45) is 14.9. The Morgan fingerprint density at radius 1 is 0.895 bits per heavy atom. The van der Waals surface area contributed by atoms with E-state index in [0.717, 1.165) is 18.4 Å². The van der Waals surface area contributed by atoms with E-state index < -0.39 is 36.9 Å². The van der Waals surface area contributed by atoms with Gasteiger partial charge in [-0.1, -0.05) is 121 Å². The maximum atomic E-state index is 11.9. The van der Waals surface area contributed by atoms with Crippen molar-refractivity contribution in [3.05, 3.63) is 35.9 Å². The van der Waals surface area contributed by atoms with E-state index in [-0.39, 0.29) is 12.5 Å². The summed E-state index contributed by atoms with van der Waals surface area (Å²) in [6, 6.07) is 8.92. The van der Waals surface area contributed by atoms with Crippen molar-refractivity contribution in [2.24, 2.45) is 0 Å². The average molecular weight is 534 g/mol. The van der Waals surface area contributed by atoms with Crippen molar-refractivity contribution in [3.63, 3.8) is 0 Å². The van der Waals surface area contributed by atoms with Crippen LogP contribution in [0.25, 0.3) is 0 Å². The van der Waals surface area contributed by atoms with Gasteiger partial charge in [-0.3, -0.25) is 4.79 Å². The molecule has 6 atom stereocenters. The Bertz CT molecular complexity index is 762. The lowest BCUT2D eigenvalue weighted by molar-refractivity contribution is -0.344. The van der Waals surface area contributed by atoms with Crippen LogP contribution >= 0.6 is 0 Å². The number of amides is 1. The maximum absolute atomic E-state index is 11.9. The summed E-state index contributed by atoms with van der Waals surface area (Å²) < 4.78 is 24.1. The van der Waals surface area contributed by atoms with E-state index in [1.165, 1.54) is 84.0 Å². The number of benzene rings is 1. The number of carbonyl (C=O) groups is 1. The fourth-order valence-electron chi connectivity index (χ4n) is 5.40. The fourth-order valence-corrected chi connectivity index (χ4v) is 5.40. The highest BCUT2D eigenvalue weighted by Gasteiger charge is 2.50. The highest BCUT2D eigenvalue weighted by molar-refractivity contribution is 5.73. The molecular formula is C31H51NO6. The summed E-state index contributed by atoms with van der Waals surface area (Å²) in [5.41, 5.74) is 0.880. The van der Waals surface area contributed by atoms with E-state index in [2.05, 4.69) is 12.2 Å². The Hall–Kier alpha value is -1.51. The molecule has 0 unspecified atom stereocenters. The minimum absolute atomic E-state index is 0.243. The molecule has 216 valence electrons. The second kappa shape index (κ2) is 18.0. The first-order valence-corrected chi connectivity index (χ1v) is 15.1. The molecule has 1 aromatic carbocycles. The molecule has 7 heteroatoms. The molecule has 7 nitrogen and oxygen atoms in total. The molecule has 0 saturated carbocycles. The summed E-state index contributed by atoms with van der Waals surface area (Å²) in [6.45, 7) is 4.51. The SMILES string of the molecule is CCCCCCCCCCCCCCCCO[C@@H]1O[C@H]2CO[C@H](c3ccccc3)O[C@@H]2[C@@H](O)[C@@H]1NC(C)=O. The number of fused-ring (bicyclic) bond motifs is 1. The van der Waals surface area contributed by atoms with Crippen molar-refractivity contribution in [1.29, 1.82) is 0 Å². The minimum Gasteiger partial charge on any atom is -0.388 e. The number of nitrogens with one attached hydrogen (secondary N) is 1. The molecule has 38 heavy (non-hydrogen) atoms. The lowest BCUT2D eigenvalue weighted by atomic mass is 9.95. The number of hydrogen-bond donors (Lipinski definition) is 2. The molecule has 0 bridgehead atoms. The van der Waals surface area contributed by atoms with Gasteiger partial charge in [0.05, 0.1) is 6.61 Å². The zero-order valence-corrected chi connectivity index (χ0v) is 23.7. The van der Waals surface area contributed by atoms with Gasteiger partial charge in [0.1, 0.15) is 24.4 Å². The number of aliphatic hydroxyl groups is 1. The Morgan fingerprint density at radius 2 is 1.47 bits per heavy atom. The second-order valence-electron chi connectivity index (χ2n) is 10.9. The monoisotopic (exact) mass is 533 g/mol. The van der Waals surface area contributed by atoms with Gasteiger partial charge in [-0.05, 0) is 6.42 Å². The Balaban J connectivity index is 1.30. The van der Waals surface area contributed by atoms with Gasteiger partial charge >= 0.3 is 0 Å². The first-order chi connectivity index (χ1) is 18.6. The molecule has 2 aliphatic heterocycles. The molecule has 3 rings (SSSR count). The number of hydrogen-bond acceptors (Lipinski definition) is 6. The topological polar surface area (TPSA) is 86.2 Å². The van der Waals surface area contributed by atoms with Crippen LogP contribution in [0.15, 0.2) is 30.3 Å². The van der Waals surface area contributed by atoms with Crippen molar-refractivity contribution in [2.45, 2.75) is 141 Å². The minimum atomic E-state index is -0.964. The molecule has 1 amide bonds. The smallest absolute Gasteiger partial charge is 0.217 e. The van der Waals surface area contributed by atoms with Gasteiger partial charge in [0.25, 0.3) is 0 Å². The van der Waals surface area contributed by atoms with Crippen LogP contribution in [0.3, 0.4) is 0 Å². The summed E-state index contributed by atoms with van der Waals surface area (Å²) in [4.78, 5) is 11.9. The Kier molecular flexibility index (Phi) is 14.7. The highest BCUT2D eigenvalue weighted by atomic mass is 16.7. The molecule has 0 radical (unpaired) electrons.